The third-order valence-corrected chi connectivity index (χ3v) is 3.12. The van der Waals surface area contributed by atoms with Crippen molar-refractivity contribution in [1.29, 1.82) is 0 Å². The Morgan fingerprint density at radius 3 is 2.13 bits per heavy atom. The van der Waals surface area contributed by atoms with Crippen LogP contribution in [-0.4, -0.2) is 16.1 Å². The number of para-hydroxylation sites is 1. The van der Waals surface area contributed by atoms with Gasteiger partial charge in [0.15, 0.2) is 0 Å². The number of nitrogens with one attached hydrogen (secondary N) is 3. The SMILES string of the molecule is O=C(Nc1ccc(Nc2ccccc2)cc1)c1ccc(=O)[nH]n1. The highest BCUT2D eigenvalue weighted by molar-refractivity contribution is 6.02. The lowest BCUT2D eigenvalue weighted by Gasteiger charge is -2.08. The van der Waals surface area contributed by atoms with E-state index in [1.807, 2.05) is 42.5 Å². The van der Waals surface area contributed by atoms with Crippen molar-refractivity contribution in [2.75, 3.05) is 10.6 Å². The molecule has 1 aromatic heterocycles. The number of aromatic amines is 1. The standard InChI is InChI=1S/C17H14N4O2/c22-16-11-10-15(20-21-16)17(23)19-14-8-6-13(7-9-14)18-12-4-2-1-3-5-12/h1-11,18H,(H,19,23)(H,21,22). The van der Waals surface area contributed by atoms with Gasteiger partial charge in [0.05, 0.1) is 0 Å². The van der Waals surface area contributed by atoms with E-state index in [9.17, 15) is 9.59 Å². The number of carbonyl (C=O) groups excluding carboxylic acids is 1. The molecule has 0 spiro atoms. The van der Waals surface area contributed by atoms with E-state index >= 15 is 0 Å². The molecule has 3 rings (SSSR count). The minimum absolute atomic E-state index is 0.149. The van der Waals surface area contributed by atoms with Crippen molar-refractivity contribution in [1.82, 2.24) is 10.2 Å². The predicted molar refractivity (Wildman–Crippen MR) is 89.0 cm³/mol. The van der Waals surface area contributed by atoms with Gasteiger partial charge in [-0.1, -0.05) is 18.2 Å². The van der Waals surface area contributed by atoms with Crippen molar-refractivity contribution in [2.24, 2.45) is 0 Å². The summed E-state index contributed by atoms with van der Waals surface area (Å²) in [6.07, 6.45) is 0. The van der Waals surface area contributed by atoms with Crippen molar-refractivity contribution >= 4 is 23.0 Å². The van der Waals surface area contributed by atoms with Gasteiger partial charge in [-0.3, -0.25) is 9.59 Å². The Hall–Kier alpha value is -3.41. The number of anilines is 3. The lowest BCUT2D eigenvalue weighted by atomic mass is 10.2. The average molecular weight is 306 g/mol. The van der Waals surface area contributed by atoms with Gasteiger partial charge in [0.2, 0.25) is 0 Å². The highest BCUT2D eigenvalue weighted by atomic mass is 16.2. The van der Waals surface area contributed by atoms with E-state index in [4.69, 9.17) is 0 Å². The quantitative estimate of drug-likeness (QED) is 0.691. The molecule has 2 aromatic carbocycles. The zero-order valence-corrected chi connectivity index (χ0v) is 12.1. The summed E-state index contributed by atoms with van der Waals surface area (Å²) in [4.78, 5) is 22.9. The molecule has 1 heterocycles. The molecular weight excluding hydrogens is 292 g/mol. The maximum Gasteiger partial charge on any atom is 0.276 e. The number of rotatable bonds is 4. The molecule has 0 aliphatic rings. The summed E-state index contributed by atoms with van der Waals surface area (Å²) < 4.78 is 0. The van der Waals surface area contributed by atoms with Gasteiger partial charge in [0, 0.05) is 23.1 Å². The topological polar surface area (TPSA) is 86.9 Å². The third kappa shape index (κ3) is 3.82. The first-order chi connectivity index (χ1) is 11.2. The van der Waals surface area contributed by atoms with Crippen LogP contribution in [0.15, 0.2) is 71.5 Å². The third-order valence-electron chi connectivity index (χ3n) is 3.12. The molecule has 0 bridgehead atoms. The Labute approximate surface area is 132 Å². The van der Waals surface area contributed by atoms with Gasteiger partial charge in [0.1, 0.15) is 5.69 Å². The summed E-state index contributed by atoms with van der Waals surface area (Å²) in [5.74, 6) is -0.384. The molecule has 3 aromatic rings. The van der Waals surface area contributed by atoms with Crippen LogP contribution < -0.4 is 16.2 Å². The van der Waals surface area contributed by atoms with E-state index < -0.39 is 0 Å². The Morgan fingerprint density at radius 2 is 1.48 bits per heavy atom. The zero-order valence-electron chi connectivity index (χ0n) is 12.1. The van der Waals surface area contributed by atoms with Gasteiger partial charge in [-0.15, -0.1) is 0 Å². The zero-order chi connectivity index (χ0) is 16.1. The van der Waals surface area contributed by atoms with Gasteiger partial charge in [-0.05, 0) is 42.5 Å². The van der Waals surface area contributed by atoms with Crippen LogP contribution in [0.25, 0.3) is 0 Å². The smallest absolute Gasteiger partial charge is 0.276 e. The van der Waals surface area contributed by atoms with E-state index in [-0.39, 0.29) is 17.2 Å². The second kappa shape index (κ2) is 6.57. The summed E-state index contributed by atoms with van der Waals surface area (Å²) >= 11 is 0. The van der Waals surface area contributed by atoms with Crippen LogP contribution in [0.5, 0.6) is 0 Å². The normalized spacial score (nSPS) is 10.1. The van der Waals surface area contributed by atoms with Gasteiger partial charge in [-0.2, -0.15) is 5.10 Å². The van der Waals surface area contributed by atoms with Crippen molar-refractivity contribution in [3.8, 4) is 0 Å². The summed E-state index contributed by atoms with van der Waals surface area (Å²) in [7, 11) is 0. The summed E-state index contributed by atoms with van der Waals surface area (Å²) in [5, 5.41) is 11.9. The minimum atomic E-state index is -0.384. The first kappa shape index (κ1) is 14.5. The van der Waals surface area contributed by atoms with Crippen LogP contribution in [0, 0.1) is 0 Å². The average Bonchev–Trinajstić information content (AvgIpc) is 2.58. The molecule has 6 heteroatoms. The van der Waals surface area contributed by atoms with Crippen molar-refractivity contribution in [3.63, 3.8) is 0 Å². The number of benzene rings is 2. The summed E-state index contributed by atoms with van der Waals surface area (Å²) in [6.45, 7) is 0. The molecule has 0 saturated heterocycles. The lowest BCUT2D eigenvalue weighted by molar-refractivity contribution is 0.102. The number of nitrogens with zero attached hydrogens (tertiary/aromatic N) is 1. The van der Waals surface area contributed by atoms with Crippen LogP contribution in [0.2, 0.25) is 0 Å². The van der Waals surface area contributed by atoms with Gasteiger partial charge >= 0.3 is 0 Å². The molecule has 6 nitrogen and oxygen atoms in total. The fourth-order valence-corrected chi connectivity index (χ4v) is 1.99. The largest absolute Gasteiger partial charge is 0.356 e. The van der Waals surface area contributed by atoms with E-state index in [0.717, 1.165) is 11.4 Å². The highest BCUT2D eigenvalue weighted by Gasteiger charge is 2.07. The molecule has 0 fully saturated rings. The van der Waals surface area contributed by atoms with E-state index in [0.29, 0.717) is 5.69 Å². The van der Waals surface area contributed by atoms with Crippen molar-refractivity contribution in [2.45, 2.75) is 0 Å². The summed E-state index contributed by atoms with van der Waals surface area (Å²) in [6, 6.07) is 19.7. The van der Waals surface area contributed by atoms with E-state index in [2.05, 4.69) is 20.8 Å². The second-order valence-corrected chi connectivity index (χ2v) is 4.83. The Balaban J connectivity index is 1.66. The predicted octanol–water partition coefficient (Wildman–Crippen LogP) is 2.77. The second-order valence-electron chi connectivity index (χ2n) is 4.83. The lowest BCUT2D eigenvalue weighted by Crippen LogP contribution is -2.17. The molecule has 0 aliphatic heterocycles. The molecule has 0 atom stereocenters. The monoisotopic (exact) mass is 306 g/mol. The molecule has 1 amide bonds. The van der Waals surface area contributed by atoms with Crippen LogP contribution in [0.3, 0.4) is 0 Å². The number of carbonyl (C=O) groups is 1. The van der Waals surface area contributed by atoms with E-state index in [1.54, 1.807) is 12.1 Å². The van der Waals surface area contributed by atoms with Crippen molar-refractivity contribution in [3.05, 3.63) is 82.8 Å². The molecule has 114 valence electrons. The minimum Gasteiger partial charge on any atom is -0.356 e. The highest BCUT2D eigenvalue weighted by Crippen LogP contribution is 2.18. The molecular formula is C17H14N4O2. The number of hydrogen-bond acceptors (Lipinski definition) is 4. The number of aromatic nitrogens is 2. The molecule has 0 saturated carbocycles. The fourth-order valence-electron chi connectivity index (χ4n) is 1.99. The van der Waals surface area contributed by atoms with E-state index in [1.165, 1.54) is 12.1 Å². The van der Waals surface area contributed by atoms with Gasteiger partial charge < -0.3 is 10.6 Å². The molecule has 0 aliphatic carbocycles. The maximum absolute atomic E-state index is 12.0. The van der Waals surface area contributed by atoms with Crippen LogP contribution in [0.1, 0.15) is 10.5 Å². The fraction of sp³-hybridized carbons (Fsp3) is 0. The number of hydrogen-bond donors (Lipinski definition) is 3. The number of amides is 1. The molecule has 0 radical (unpaired) electrons. The summed E-state index contributed by atoms with van der Waals surface area (Å²) in [5.41, 5.74) is 2.34. The first-order valence-corrected chi connectivity index (χ1v) is 7.00. The maximum atomic E-state index is 12.0. The molecule has 0 unspecified atom stereocenters. The van der Waals surface area contributed by atoms with Gasteiger partial charge in [-0.25, -0.2) is 5.10 Å². The Bertz CT molecular complexity index is 837. The van der Waals surface area contributed by atoms with Crippen molar-refractivity contribution < 1.29 is 4.79 Å². The Morgan fingerprint density at radius 1 is 0.826 bits per heavy atom. The van der Waals surface area contributed by atoms with Crippen LogP contribution >= 0.6 is 0 Å². The molecule has 3 N–H and O–H groups in total. The van der Waals surface area contributed by atoms with Crippen LogP contribution in [0.4, 0.5) is 17.1 Å². The van der Waals surface area contributed by atoms with Crippen LogP contribution in [-0.2, 0) is 0 Å². The number of H-pyrrole nitrogens is 1. The van der Waals surface area contributed by atoms with Gasteiger partial charge in [0.25, 0.3) is 11.5 Å². The molecule has 23 heavy (non-hydrogen) atoms. The Kier molecular flexibility index (Phi) is 4.15. The first-order valence-electron chi connectivity index (χ1n) is 7.00.